The highest BCUT2D eigenvalue weighted by Gasteiger charge is 2.17. The van der Waals surface area contributed by atoms with Crippen LogP contribution in [0.25, 0.3) is 0 Å². The smallest absolute Gasteiger partial charge is 0.335 e. The molecule has 108 valence electrons. The highest BCUT2D eigenvalue weighted by molar-refractivity contribution is 6.04. The number of nitrogens with zero attached hydrogens (tertiary/aromatic N) is 2. The molecule has 0 unspecified atom stereocenters. The standard InChI is InChI=1S/C13H11N3O5/c1-15-7-10(16(20)21)6-11(15)12(17)14-9-4-2-3-8(5-9)13(18)19/h2-7H,1H3,(H,14,17)(H,18,19). The number of aryl methyl sites for hydroxylation is 1. The molecule has 0 spiro atoms. The molecule has 0 aliphatic heterocycles. The number of rotatable bonds is 4. The molecule has 0 aliphatic carbocycles. The summed E-state index contributed by atoms with van der Waals surface area (Å²) >= 11 is 0. The molecule has 2 N–H and O–H groups in total. The van der Waals surface area contributed by atoms with E-state index >= 15 is 0 Å². The van der Waals surface area contributed by atoms with Crippen LogP contribution in [0.5, 0.6) is 0 Å². The molecule has 1 heterocycles. The molecule has 0 saturated heterocycles. The molecule has 0 aliphatic rings. The largest absolute Gasteiger partial charge is 0.478 e. The van der Waals surface area contributed by atoms with Gasteiger partial charge in [0.05, 0.1) is 16.7 Å². The first-order chi connectivity index (χ1) is 9.88. The van der Waals surface area contributed by atoms with Crippen molar-refractivity contribution in [2.75, 3.05) is 5.32 Å². The van der Waals surface area contributed by atoms with Crippen molar-refractivity contribution < 1.29 is 19.6 Å². The molecular weight excluding hydrogens is 278 g/mol. The summed E-state index contributed by atoms with van der Waals surface area (Å²) in [5.74, 6) is -1.67. The molecule has 0 bridgehead atoms. The predicted octanol–water partition coefficient (Wildman–Crippen LogP) is 1.88. The van der Waals surface area contributed by atoms with E-state index < -0.39 is 16.8 Å². The summed E-state index contributed by atoms with van der Waals surface area (Å²) in [5.41, 5.74) is 0.235. The topological polar surface area (TPSA) is 114 Å². The lowest BCUT2D eigenvalue weighted by atomic mass is 10.2. The van der Waals surface area contributed by atoms with Crippen LogP contribution in [0.15, 0.2) is 36.5 Å². The number of nitrogens with one attached hydrogen (secondary N) is 1. The minimum atomic E-state index is -1.11. The van der Waals surface area contributed by atoms with Gasteiger partial charge in [0.15, 0.2) is 0 Å². The SMILES string of the molecule is Cn1cc([N+](=O)[O-])cc1C(=O)Nc1cccc(C(=O)O)c1. The van der Waals surface area contributed by atoms with Crippen LogP contribution in [0.4, 0.5) is 11.4 Å². The fourth-order valence-electron chi connectivity index (χ4n) is 1.80. The van der Waals surface area contributed by atoms with Crippen LogP contribution in [0, 0.1) is 10.1 Å². The Balaban J connectivity index is 2.24. The maximum absolute atomic E-state index is 12.1. The first-order valence-electron chi connectivity index (χ1n) is 5.84. The van der Waals surface area contributed by atoms with Crippen LogP contribution < -0.4 is 5.32 Å². The lowest BCUT2D eigenvalue weighted by Gasteiger charge is -2.06. The van der Waals surface area contributed by atoms with E-state index in [2.05, 4.69) is 5.32 Å². The van der Waals surface area contributed by atoms with E-state index in [1.165, 1.54) is 42.1 Å². The van der Waals surface area contributed by atoms with Crippen LogP contribution in [0.1, 0.15) is 20.8 Å². The minimum Gasteiger partial charge on any atom is -0.478 e. The number of hydrogen-bond acceptors (Lipinski definition) is 4. The molecule has 1 aromatic carbocycles. The highest BCUT2D eigenvalue weighted by atomic mass is 16.6. The van der Waals surface area contributed by atoms with Gasteiger partial charge in [0.1, 0.15) is 5.69 Å². The summed E-state index contributed by atoms with van der Waals surface area (Å²) in [4.78, 5) is 33.0. The summed E-state index contributed by atoms with van der Waals surface area (Å²) in [6, 6.07) is 6.87. The number of amides is 1. The predicted molar refractivity (Wildman–Crippen MR) is 73.4 cm³/mol. The summed E-state index contributed by atoms with van der Waals surface area (Å²) in [6.07, 6.45) is 1.22. The van der Waals surface area contributed by atoms with Gasteiger partial charge in [0.25, 0.3) is 11.6 Å². The Labute approximate surface area is 118 Å². The number of nitro groups is 1. The van der Waals surface area contributed by atoms with Crippen LogP contribution in [-0.4, -0.2) is 26.5 Å². The van der Waals surface area contributed by atoms with Crippen molar-refractivity contribution in [3.8, 4) is 0 Å². The molecule has 0 fully saturated rings. The third-order valence-corrected chi connectivity index (χ3v) is 2.80. The molecule has 8 heteroatoms. The maximum Gasteiger partial charge on any atom is 0.335 e. The van der Waals surface area contributed by atoms with Gasteiger partial charge in [-0.1, -0.05) is 6.07 Å². The number of carboxylic acids is 1. The van der Waals surface area contributed by atoms with Gasteiger partial charge in [0.2, 0.25) is 0 Å². The van der Waals surface area contributed by atoms with Gasteiger partial charge < -0.3 is 15.0 Å². The van der Waals surface area contributed by atoms with Crippen LogP contribution >= 0.6 is 0 Å². The van der Waals surface area contributed by atoms with Crippen LogP contribution in [0.3, 0.4) is 0 Å². The zero-order valence-corrected chi connectivity index (χ0v) is 10.9. The number of carbonyl (C=O) groups excluding carboxylic acids is 1. The molecule has 1 amide bonds. The third-order valence-electron chi connectivity index (χ3n) is 2.80. The Morgan fingerprint density at radius 1 is 1.33 bits per heavy atom. The fraction of sp³-hybridized carbons (Fsp3) is 0.0769. The monoisotopic (exact) mass is 289 g/mol. The summed E-state index contributed by atoms with van der Waals surface area (Å²) < 4.78 is 1.33. The van der Waals surface area contributed by atoms with E-state index in [1.807, 2.05) is 0 Å². The Morgan fingerprint density at radius 2 is 2.05 bits per heavy atom. The average molecular weight is 289 g/mol. The van der Waals surface area contributed by atoms with Crippen molar-refractivity contribution in [2.45, 2.75) is 0 Å². The Bertz CT molecular complexity index is 735. The number of benzene rings is 1. The molecule has 0 atom stereocenters. The van der Waals surface area contributed by atoms with Crippen molar-refractivity contribution in [3.05, 3.63) is 57.9 Å². The van der Waals surface area contributed by atoms with Crippen molar-refractivity contribution in [1.82, 2.24) is 4.57 Å². The van der Waals surface area contributed by atoms with Gasteiger partial charge in [-0.15, -0.1) is 0 Å². The number of anilines is 1. The van der Waals surface area contributed by atoms with Crippen molar-refractivity contribution >= 4 is 23.3 Å². The normalized spacial score (nSPS) is 10.1. The average Bonchev–Trinajstić information content (AvgIpc) is 2.81. The molecule has 8 nitrogen and oxygen atoms in total. The van der Waals surface area contributed by atoms with Gasteiger partial charge in [-0.05, 0) is 18.2 Å². The van der Waals surface area contributed by atoms with E-state index in [0.29, 0.717) is 5.69 Å². The van der Waals surface area contributed by atoms with Gasteiger partial charge in [-0.25, -0.2) is 4.79 Å². The number of carbonyl (C=O) groups is 2. The Kier molecular flexibility index (Phi) is 3.70. The second-order valence-electron chi connectivity index (χ2n) is 4.29. The zero-order chi connectivity index (χ0) is 15.6. The van der Waals surface area contributed by atoms with Crippen molar-refractivity contribution in [1.29, 1.82) is 0 Å². The van der Waals surface area contributed by atoms with Crippen LogP contribution in [-0.2, 0) is 7.05 Å². The maximum atomic E-state index is 12.1. The second kappa shape index (κ2) is 5.45. The molecule has 2 rings (SSSR count). The van der Waals surface area contributed by atoms with E-state index in [-0.39, 0.29) is 16.9 Å². The van der Waals surface area contributed by atoms with Crippen LogP contribution in [0.2, 0.25) is 0 Å². The quantitative estimate of drug-likeness (QED) is 0.658. The number of aromatic nitrogens is 1. The lowest BCUT2D eigenvalue weighted by molar-refractivity contribution is -0.384. The third kappa shape index (κ3) is 3.06. The second-order valence-corrected chi connectivity index (χ2v) is 4.29. The number of hydrogen-bond donors (Lipinski definition) is 2. The molecule has 1 aromatic heterocycles. The first kappa shape index (κ1) is 14.3. The summed E-state index contributed by atoms with van der Waals surface area (Å²) in [7, 11) is 1.51. The lowest BCUT2D eigenvalue weighted by Crippen LogP contribution is -2.15. The van der Waals surface area contributed by atoms with Gasteiger partial charge >= 0.3 is 5.97 Å². The zero-order valence-electron chi connectivity index (χ0n) is 10.9. The first-order valence-corrected chi connectivity index (χ1v) is 5.84. The van der Waals surface area contributed by atoms with E-state index in [1.54, 1.807) is 0 Å². The summed E-state index contributed by atoms with van der Waals surface area (Å²) in [5, 5.41) is 22.0. The summed E-state index contributed by atoms with van der Waals surface area (Å²) in [6.45, 7) is 0. The number of aromatic carboxylic acids is 1. The molecule has 0 radical (unpaired) electrons. The molecular formula is C13H11N3O5. The van der Waals surface area contributed by atoms with Gasteiger partial charge in [-0.2, -0.15) is 0 Å². The van der Waals surface area contributed by atoms with E-state index in [0.717, 1.165) is 6.07 Å². The van der Waals surface area contributed by atoms with E-state index in [4.69, 9.17) is 5.11 Å². The van der Waals surface area contributed by atoms with Gasteiger partial charge in [-0.3, -0.25) is 14.9 Å². The Hall–Kier alpha value is -3.16. The van der Waals surface area contributed by atoms with E-state index in [9.17, 15) is 19.7 Å². The molecule has 0 saturated carbocycles. The Morgan fingerprint density at radius 3 is 2.62 bits per heavy atom. The van der Waals surface area contributed by atoms with Crippen molar-refractivity contribution in [3.63, 3.8) is 0 Å². The number of carboxylic acid groups (broad SMARTS) is 1. The highest BCUT2D eigenvalue weighted by Crippen LogP contribution is 2.17. The van der Waals surface area contributed by atoms with Gasteiger partial charge in [0, 0.05) is 18.8 Å². The molecule has 21 heavy (non-hydrogen) atoms. The molecule has 2 aromatic rings. The van der Waals surface area contributed by atoms with Crippen molar-refractivity contribution in [2.24, 2.45) is 7.05 Å². The minimum absolute atomic E-state index is 0.0330. The fourth-order valence-corrected chi connectivity index (χ4v) is 1.80.